The van der Waals surface area contributed by atoms with E-state index in [9.17, 15) is 14.4 Å². The average molecular weight is 416 g/mol. The molecule has 3 heterocycles. The topological polar surface area (TPSA) is 107 Å². The largest absolute Gasteiger partial charge is 0.342 e. The van der Waals surface area contributed by atoms with Gasteiger partial charge >= 0.3 is 0 Å². The number of aromatic amines is 1. The molecule has 1 aromatic carbocycles. The fourth-order valence-electron chi connectivity index (χ4n) is 3.90. The Hall–Kier alpha value is -2.87. The van der Waals surface area contributed by atoms with Crippen molar-refractivity contribution >= 4 is 40.9 Å². The van der Waals surface area contributed by atoms with Crippen LogP contribution in [0.25, 0.3) is 0 Å². The summed E-state index contributed by atoms with van der Waals surface area (Å²) in [7, 11) is 0. The smallest absolute Gasteiger partial charge is 0.258 e. The second kappa shape index (κ2) is 7.87. The predicted molar refractivity (Wildman–Crippen MR) is 112 cm³/mol. The summed E-state index contributed by atoms with van der Waals surface area (Å²) in [6.07, 6.45) is 2.01. The maximum Gasteiger partial charge on any atom is 0.258 e. The lowest BCUT2D eigenvalue weighted by molar-refractivity contribution is -0.123. The van der Waals surface area contributed by atoms with Crippen molar-refractivity contribution in [2.45, 2.75) is 32.1 Å². The van der Waals surface area contributed by atoms with Crippen LogP contribution in [0.3, 0.4) is 0 Å². The van der Waals surface area contributed by atoms with Gasteiger partial charge in [0, 0.05) is 19.5 Å². The fraction of sp³-hybridized carbons (Fsp3) is 0.400. The summed E-state index contributed by atoms with van der Waals surface area (Å²) in [5, 5.41) is 5.74. The molecule has 2 amide bonds. The second-order valence-corrected chi connectivity index (χ2v) is 8.03. The Morgan fingerprint density at radius 2 is 2.10 bits per heavy atom. The van der Waals surface area contributed by atoms with Crippen molar-refractivity contribution < 1.29 is 9.59 Å². The minimum atomic E-state index is -0.944. The van der Waals surface area contributed by atoms with Gasteiger partial charge in [-0.25, -0.2) is 0 Å². The van der Waals surface area contributed by atoms with E-state index in [0.717, 1.165) is 25.9 Å². The number of nitrogens with zero attached hydrogens (tertiary/aromatic N) is 2. The first kappa shape index (κ1) is 19.4. The summed E-state index contributed by atoms with van der Waals surface area (Å²) in [4.78, 5) is 47.3. The molecule has 0 saturated carbocycles. The molecule has 29 heavy (non-hydrogen) atoms. The zero-order valence-corrected chi connectivity index (χ0v) is 16.8. The highest BCUT2D eigenvalue weighted by Crippen LogP contribution is 2.31. The standard InChI is InChI=1S/C20H22ClN5O3/c1-11-5-4-8-26(10-11)20-24-17-16(19(29)25-20)12(9-15(27)23-17)18(28)22-14-7-3-2-6-13(14)21/h2-3,6-7,11-12H,4-5,8-10H2,1H3,(H,22,28)(H2,23,24,25,27,29)/t11-,12-/m1/s1. The van der Waals surface area contributed by atoms with Crippen LogP contribution < -0.4 is 21.1 Å². The number of benzene rings is 1. The molecule has 0 radical (unpaired) electrons. The monoisotopic (exact) mass is 415 g/mol. The number of nitrogens with one attached hydrogen (secondary N) is 3. The van der Waals surface area contributed by atoms with Gasteiger partial charge in [-0.2, -0.15) is 4.98 Å². The van der Waals surface area contributed by atoms with Gasteiger partial charge in [0.25, 0.3) is 5.56 Å². The molecule has 4 rings (SSSR count). The van der Waals surface area contributed by atoms with Gasteiger partial charge in [-0.15, -0.1) is 0 Å². The van der Waals surface area contributed by atoms with Crippen LogP contribution in [0.5, 0.6) is 0 Å². The molecule has 2 aliphatic rings. The molecule has 9 heteroatoms. The van der Waals surface area contributed by atoms with Crippen LogP contribution >= 0.6 is 11.6 Å². The van der Waals surface area contributed by atoms with E-state index in [4.69, 9.17) is 11.6 Å². The molecule has 152 valence electrons. The molecule has 0 unspecified atom stereocenters. The van der Waals surface area contributed by atoms with Crippen LogP contribution in [0.2, 0.25) is 5.02 Å². The number of rotatable bonds is 3. The van der Waals surface area contributed by atoms with Crippen molar-refractivity contribution in [1.29, 1.82) is 0 Å². The van der Waals surface area contributed by atoms with E-state index >= 15 is 0 Å². The Labute approximate surface area is 172 Å². The Kier molecular flexibility index (Phi) is 5.27. The lowest BCUT2D eigenvalue weighted by Crippen LogP contribution is -2.40. The third-order valence-electron chi connectivity index (χ3n) is 5.34. The van der Waals surface area contributed by atoms with E-state index < -0.39 is 17.4 Å². The third kappa shape index (κ3) is 3.98. The number of para-hydroxylation sites is 1. The van der Waals surface area contributed by atoms with Crippen LogP contribution in [0.15, 0.2) is 29.1 Å². The summed E-state index contributed by atoms with van der Waals surface area (Å²) < 4.78 is 0. The molecule has 0 spiro atoms. The van der Waals surface area contributed by atoms with Crippen LogP contribution in [-0.4, -0.2) is 34.9 Å². The minimum absolute atomic E-state index is 0.131. The lowest BCUT2D eigenvalue weighted by atomic mass is 9.92. The van der Waals surface area contributed by atoms with Crippen LogP contribution in [0.1, 0.15) is 37.7 Å². The molecule has 0 bridgehead atoms. The minimum Gasteiger partial charge on any atom is -0.342 e. The molecule has 2 aromatic rings. The number of hydrogen-bond acceptors (Lipinski definition) is 5. The Balaban J connectivity index is 1.66. The van der Waals surface area contributed by atoms with Crippen molar-refractivity contribution in [1.82, 2.24) is 9.97 Å². The van der Waals surface area contributed by atoms with Gasteiger partial charge in [0.15, 0.2) is 0 Å². The SMILES string of the molecule is C[C@@H]1CCCN(c2nc3c(c(=O)[nH]2)[C@H](C(=O)Nc2ccccc2Cl)CC(=O)N3)C1. The summed E-state index contributed by atoms with van der Waals surface area (Å²) in [5.41, 5.74) is 0.181. The molecule has 8 nitrogen and oxygen atoms in total. The number of piperidine rings is 1. The predicted octanol–water partition coefficient (Wildman–Crippen LogP) is 2.72. The zero-order valence-electron chi connectivity index (χ0n) is 16.0. The highest BCUT2D eigenvalue weighted by atomic mass is 35.5. The summed E-state index contributed by atoms with van der Waals surface area (Å²) in [6, 6.07) is 6.80. The van der Waals surface area contributed by atoms with Gasteiger partial charge in [0.05, 0.1) is 22.2 Å². The van der Waals surface area contributed by atoms with Gasteiger partial charge in [-0.1, -0.05) is 30.7 Å². The normalized spacial score (nSPS) is 21.3. The molecule has 1 saturated heterocycles. The molecule has 1 aromatic heterocycles. The number of aromatic nitrogens is 2. The van der Waals surface area contributed by atoms with E-state index in [-0.39, 0.29) is 23.7 Å². The number of H-pyrrole nitrogens is 1. The summed E-state index contributed by atoms with van der Waals surface area (Å²) >= 11 is 6.11. The Bertz CT molecular complexity index is 1020. The lowest BCUT2D eigenvalue weighted by Gasteiger charge is -2.32. The number of carbonyl (C=O) groups is 2. The molecule has 2 aliphatic heterocycles. The number of anilines is 3. The number of halogens is 1. The third-order valence-corrected chi connectivity index (χ3v) is 5.67. The number of hydrogen-bond donors (Lipinski definition) is 3. The van der Waals surface area contributed by atoms with Crippen LogP contribution in [0, 0.1) is 5.92 Å². The summed E-state index contributed by atoms with van der Waals surface area (Å²) in [5.74, 6) is -0.701. The quantitative estimate of drug-likeness (QED) is 0.714. The van der Waals surface area contributed by atoms with Gasteiger partial charge in [-0.3, -0.25) is 19.4 Å². The maximum absolute atomic E-state index is 12.9. The van der Waals surface area contributed by atoms with E-state index in [1.165, 1.54) is 0 Å². The second-order valence-electron chi connectivity index (χ2n) is 7.62. The van der Waals surface area contributed by atoms with Crippen molar-refractivity contribution in [3.8, 4) is 0 Å². The highest BCUT2D eigenvalue weighted by Gasteiger charge is 2.35. The molecular formula is C20H22ClN5O3. The molecule has 3 N–H and O–H groups in total. The van der Waals surface area contributed by atoms with Crippen molar-refractivity contribution in [3.63, 3.8) is 0 Å². The molecule has 1 fully saturated rings. The first-order valence-electron chi connectivity index (χ1n) is 9.66. The Morgan fingerprint density at radius 3 is 2.86 bits per heavy atom. The van der Waals surface area contributed by atoms with E-state index in [1.54, 1.807) is 24.3 Å². The Morgan fingerprint density at radius 1 is 1.31 bits per heavy atom. The molecular weight excluding hydrogens is 394 g/mol. The average Bonchev–Trinajstić information content (AvgIpc) is 2.68. The van der Waals surface area contributed by atoms with E-state index in [0.29, 0.717) is 22.6 Å². The van der Waals surface area contributed by atoms with E-state index in [2.05, 4.69) is 27.5 Å². The summed E-state index contributed by atoms with van der Waals surface area (Å²) in [6.45, 7) is 3.72. The van der Waals surface area contributed by atoms with Gasteiger partial charge in [0.2, 0.25) is 17.8 Å². The maximum atomic E-state index is 12.9. The fourth-order valence-corrected chi connectivity index (χ4v) is 4.08. The van der Waals surface area contributed by atoms with Crippen molar-refractivity contribution in [2.75, 3.05) is 28.6 Å². The van der Waals surface area contributed by atoms with Crippen molar-refractivity contribution in [2.24, 2.45) is 5.92 Å². The van der Waals surface area contributed by atoms with Crippen LogP contribution in [-0.2, 0) is 9.59 Å². The van der Waals surface area contributed by atoms with E-state index in [1.807, 2.05) is 4.90 Å². The zero-order chi connectivity index (χ0) is 20.5. The van der Waals surface area contributed by atoms with Gasteiger partial charge in [0.1, 0.15) is 5.82 Å². The number of fused-ring (bicyclic) bond motifs is 1. The first-order valence-corrected chi connectivity index (χ1v) is 10.0. The van der Waals surface area contributed by atoms with Crippen LogP contribution in [0.4, 0.5) is 17.5 Å². The first-order chi connectivity index (χ1) is 13.9. The molecule has 0 aliphatic carbocycles. The molecule has 2 atom stereocenters. The van der Waals surface area contributed by atoms with Gasteiger partial charge < -0.3 is 15.5 Å². The highest BCUT2D eigenvalue weighted by molar-refractivity contribution is 6.33. The number of amides is 2. The van der Waals surface area contributed by atoms with Crippen molar-refractivity contribution in [3.05, 3.63) is 45.2 Å². The number of carbonyl (C=O) groups excluding carboxylic acids is 2. The van der Waals surface area contributed by atoms with Gasteiger partial charge in [-0.05, 0) is 30.9 Å².